The molecule has 0 aromatic heterocycles. The van der Waals surface area contributed by atoms with Gasteiger partial charge in [-0.2, -0.15) is 0 Å². The highest BCUT2D eigenvalue weighted by atomic mass is 35.5. The van der Waals surface area contributed by atoms with Crippen molar-refractivity contribution in [3.05, 3.63) is 28.8 Å². The van der Waals surface area contributed by atoms with Crippen LogP contribution < -0.4 is 10.2 Å². The maximum Gasteiger partial charge on any atom is 0.244 e. The number of rotatable bonds is 2. The summed E-state index contributed by atoms with van der Waals surface area (Å²) in [6.07, 6.45) is 1.90. The maximum atomic E-state index is 12.3. The van der Waals surface area contributed by atoms with Gasteiger partial charge in [0.15, 0.2) is 0 Å². The van der Waals surface area contributed by atoms with Crippen molar-refractivity contribution in [2.24, 2.45) is 0 Å². The lowest BCUT2D eigenvalue weighted by atomic mass is 10.0. The van der Waals surface area contributed by atoms with Gasteiger partial charge in [-0.15, -0.1) is 0 Å². The predicted octanol–water partition coefficient (Wildman–Crippen LogP) is 2.36. The molecule has 4 heteroatoms. The van der Waals surface area contributed by atoms with Crippen LogP contribution in [-0.4, -0.2) is 25.5 Å². The van der Waals surface area contributed by atoms with E-state index in [9.17, 15) is 4.79 Å². The Kier molecular flexibility index (Phi) is 3.69. The average Bonchev–Trinajstić information content (AvgIpc) is 2.31. The summed E-state index contributed by atoms with van der Waals surface area (Å²) >= 11 is 6.20. The minimum Gasteiger partial charge on any atom is -0.309 e. The second-order valence-corrected chi connectivity index (χ2v) is 4.79. The molecule has 1 N–H and O–H groups in total. The third-order valence-corrected chi connectivity index (χ3v) is 3.55. The summed E-state index contributed by atoms with van der Waals surface area (Å²) in [4.78, 5) is 14.1. The van der Waals surface area contributed by atoms with E-state index < -0.39 is 0 Å². The first kappa shape index (κ1) is 12.4. The molecule has 17 heavy (non-hydrogen) atoms. The maximum absolute atomic E-state index is 12.3. The fraction of sp³-hybridized carbons (Fsp3) is 0.462. The van der Waals surface area contributed by atoms with Gasteiger partial charge in [0.2, 0.25) is 5.91 Å². The summed E-state index contributed by atoms with van der Waals surface area (Å²) in [5, 5.41) is 3.71. The summed E-state index contributed by atoms with van der Waals surface area (Å²) in [7, 11) is 1.82. The second kappa shape index (κ2) is 5.07. The molecule has 0 spiro atoms. The zero-order valence-electron chi connectivity index (χ0n) is 10.2. The van der Waals surface area contributed by atoms with Crippen LogP contribution in [0.2, 0.25) is 5.02 Å². The van der Waals surface area contributed by atoms with Crippen molar-refractivity contribution in [3.63, 3.8) is 0 Å². The van der Waals surface area contributed by atoms with E-state index in [1.165, 1.54) is 0 Å². The summed E-state index contributed by atoms with van der Waals surface area (Å²) in [5.41, 5.74) is 1.90. The van der Waals surface area contributed by atoms with Crippen molar-refractivity contribution in [2.45, 2.75) is 25.8 Å². The molecule has 1 aromatic rings. The van der Waals surface area contributed by atoms with Gasteiger partial charge in [-0.1, -0.05) is 23.7 Å². The van der Waals surface area contributed by atoms with Gasteiger partial charge >= 0.3 is 0 Å². The Morgan fingerprint density at radius 1 is 1.47 bits per heavy atom. The standard InChI is InChI=1S/C13H17ClN2O/c1-9-5-3-6-10(14)12(9)16-8-4-7-11(15-2)13(16)17/h3,5-6,11,15H,4,7-8H2,1-2H3. The van der Waals surface area contributed by atoms with Crippen LogP contribution in [0.1, 0.15) is 18.4 Å². The molecule has 2 rings (SSSR count). The van der Waals surface area contributed by atoms with Gasteiger partial charge in [-0.3, -0.25) is 4.79 Å². The van der Waals surface area contributed by atoms with Crippen molar-refractivity contribution in [1.82, 2.24) is 5.32 Å². The second-order valence-electron chi connectivity index (χ2n) is 4.38. The van der Waals surface area contributed by atoms with E-state index in [-0.39, 0.29) is 11.9 Å². The van der Waals surface area contributed by atoms with Crippen molar-refractivity contribution < 1.29 is 4.79 Å². The number of piperidine rings is 1. The van der Waals surface area contributed by atoms with E-state index in [0.29, 0.717) is 5.02 Å². The zero-order valence-corrected chi connectivity index (χ0v) is 10.9. The van der Waals surface area contributed by atoms with E-state index in [2.05, 4.69) is 5.32 Å². The van der Waals surface area contributed by atoms with Gasteiger partial charge in [-0.25, -0.2) is 0 Å². The third-order valence-electron chi connectivity index (χ3n) is 3.25. The zero-order chi connectivity index (χ0) is 12.4. The molecule has 3 nitrogen and oxygen atoms in total. The lowest BCUT2D eigenvalue weighted by Crippen LogP contribution is -2.50. The quantitative estimate of drug-likeness (QED) is 0.877. The lowest BCUT2D eigenvalue weighted by molar-refractivity contribution is -0.121. The molecule has 1 aliphatic rings. The highest BCUT2D eigenvalue weighted by Crippen LogP contribution is 2.31. The normalized spacial score (nSPS) is 20.8. The summed E-state index contributed by atoms with van der Waals surface area (Å²) < 4.78 is 0. The van der Waals surface area contributed by atoms with Gasteiger partial charge < -0.3 is 10.2 Å². The Morgan fingerprint density at radius 3 is 2.88 bits per heavy atom. The summed E-state index contributed by atoms with van der Waals surface area (Å²) in [6, 6.07) is 5.64. The first-order valence-corrected chi connectivity index (χ1v) is 6.26. The fourth-order valence-corrected chi connectivity index (χ4v) is 2.65. The molecule has 1 aliphatic heterocycles. The number of nitrogens with zero attached hydrogens (tertiary/aromatic N) is 1. The molecular weight excluding hydrogens is 236 g/mol. The number of carbonyl (C=O) groups is 1. The van der Waals surface area contributed by atoms with Crippen molar-refractivity contribution in [3.8, 4) is 0 Å². The smallest absolute Gasteiger partial charge is 0.244 e. The molecule has 1 aromatic carbocycles. The van der Waals surface area contributed by atoms with Crippen molar-refractivity contribution in [2.75, 3.05) is 18.5 Å². The Morgan fingerprint density at radius 2 is 2.24 bits per heavy atom. The largest absolute Gasteiger partial charge is 0.309 e. The molecule has 1 fully saturated rings. The van der Waals surface area contributed by atoms with E-state index >= 15 is 0 Å². The Labute approximate surface area is 107 Å². The van der Waals surface area contributed by atoms with Gasteiger partial charge in [0, 0.05) is 6.54 Å². The van der Waals surface area contributed by atoms with E-state index in [4.69, 9.17) is 11.6 Å². The predicted molar refractivity (Wildman–Crippen MR) is 70.6 cm³/mol. The molecule has 92 valence electrons. The van der Waals surface area contributed by atoms with Crippen LogP contribution in [0.25, 0.3) is 0 Å². The van der Waals surface area contributed by atoms with Crippen molar-refractivity contribution in [1.29, 1.82) is 0 Å². The Hall–Kier alpha value is -1.06. The van der Waals surface area contributed by atoms with Crippen LogP contribution in [0.15, 0.2) is 18.2 Å². The number of nitrogens with one attached hydrogen (secondary N) is 1. The monoisotopic (exact) mass is 252 g/mol. The van der Waals surface area contributed by atoms with Crippen LogP contribution in [0, 0.1) is 6.92 Å². The number of aryl methyl sites for hydroxylation is 1. The van der Waals surface area contributed by atoms with E-state index in [1.54, 1.807) is 0 Å². The number of hydrogen-bond acceptors (Lipinski definition) is 2. The van der Waals surface area contributed by atoms with Gasteiger partial charge in [0.25, 0.3) is 0 Å². The number of carbonyl (C=O) groups excluding carboxylic acids is 1. The topological polar surface area (TPSA) is 32.3 Å². The Balaban J connectivity index is 2.36. The lowest BCUT2D eigenvalue weighted by Gasteiger charge is -2.33. The summed E-state index contributed by atoms with van der Waals surface area (Å²) in [5.74, 6) is 0.120. The molecule has 1 saturated heterocycles. The number of hydrogen-bond donors (Lipinski definition) is 1. The third kappa shape index (κ3) is 2.31. The highest BCUT2D eigenvalue weighted by molar-refractivity contribution is 6.34. The van der Waals surface area contributed by atoms with Gasteiger partial charge in [0.05, 0.1) is 16.8 Å². The number of likely N-dealkylation sites (N-methyl/N-ethyl adjacent to an activating group) is 1. The molecule has 0 bridgehead atoms. The van der Waals surface area contributed by atoms with Crippen molar-refractivity contribution >= 4 is 23.2 Å². The minimum absolute atomic E-state index is 0.0839. The van der Waals surface area contributed by atoms with Crippen LogP contribution in [0.3, 0.4) is 0 Å². The number of anilines is 1. The van der Waals surface area contributed by atoms with E-state index in [0.717, 1.165) is 30.6 Å². The number of amides is 1. The Bertz CT molecular complexity index is 413. The molecular formula is C13H17ClN2O. The first-order valence-electron chi connectivity index (χ1n) is 5.89. The highest BCUT2D eigenvalue weighted by Gasteiger charge is 2.30. The van der Waals surface area contributed by atoms with Crippen LogP contribution >= 0.6 is 11.6 Å². The molecule has 1 amide bonds. The first-order chi connectivity index (χ1) is 8.15. The molecule has 0 saturated carbocycles. The number of halogens is 1. The number of benzene rings is 1. The molecule has 1 heterocycles. The van der Waals surface area contributed by atoms with E-state index in [1.807, 2.05) is 37.1 Å². The molecule has 0 radical (unpaired) electrons. The molecule has 1 atom stereocenters. The average molecular weight is 253 g/mol. The fourth-order valence-electron chi connectivity index (χ4n) is 2.33. The van der Waals surface area contributed by atoms with Crippen LogP contribution in [0.5, 0.6) is 0 Å². The minimum atomic E-state index is -0.0839. The van der Waals surface area contributed by atoms with Gasteiger partial charge in [0.1, 0.15) is 0 Å². The number of para-hydroxylation sites is 1. The summed E-state index contributed by atoms with van der Waals surface area (Å²) in [6.45, 7) is 2.74. The SMILES string of the molecule is CNC1CCCN(c2c(C)cccc2Cl)C1=O. The van der Waals surface area contributed by atoms with Crippen LogP contribution in [0.4, 0.5) is 5.69 Å². The molecule has 1 unspecified atom stereocenters. The van der Waals surface area contributed by atoms with Crippen LogP contribution in [-0.2, 0) is 4.79 Å². The van der Waals surface area contributed by atoms with Gasteiger partial charge in [-0.05, 0) is 38.4 Å². The molecule has 0 aliphatic carbocycles.